The van der Waals surface area contributed by atoms with E-state index in [9.17, 15) is 0 Å². The van der Waals surface area contributed by atoms with E-state index in [1.807, 2.05) is 30.3 Å². The van der Waals surface area contributed by atoms with E-state index in [1.54, 1.807) is 6.33 Å². The summed E-state index contributed by atoms with van der Waals surface area (Å²) in [7, 11) is 0. The number of para-hydroxylation sites is 1. The van der Waals surface area contributed by atoms with Crippen LogP contribution in [0, 0.1) is 0 Å². The molecule has 1 aliphatic heterocycles. The molecule has 0 radical (unpaired) electrons. The van der Waals surface area contributed by atoms with Gasteiger partial charge in [0, 0.05) is 18.0 Å². The van der Waals surface area contributed by atoms with E-state index in [0.717, 1.165) is 47.3 Å². The quantitative estimate of drug-likeness (QED) is 0.583. The molecule has 2 aromatic heterocycles. The average Bonchev–Trinajstić information content (AvgIpc) is 3.09. The zero-order valence-corrected chi connectivity index (χ0v) is 14.3. The van der Waals surface area contributed by atoms with Gasteiger partial charge in [-0.25, -0.2) is 9.97 Å². The molecule has 5 heteroatoms. The summed E-state index contributed by atoms with van der Waals surface area (Å²) in [5, 5.41) is 4.58. The fourth-order valence-electron chi connectivity index (χ4n) is 3.65. The maximum Gasteiger partial charge on any atom is 0.196 e. The van der Waals surface area contributed by atoms with Gasteiger partial charge in [-0.1, -0.05) is 42.5 Å². The number of furan rings is 1. The molecule has 0 amide bonds. The molecule has 0 spiro atoms. The van der Waals surface area contributed by atoms with Gasteiger partial charge in [0.1, 0.15) is 17.4 Å². The van der Waals surface area contributed by atoms with Crippen molar-refractivity contribution >= 4 is 27.9 Å². The summed E-state index contributed by atoms with van der Waals surface area (Å²) < 4.78 is 12.0. The van der Waals surface area contributed by atoms with Crippen molar-refractivity contribution in [2.24, 2.45) is 0 Å². The Morgan fingerprint density at radius 2 is 1.81 bits per heavy atom. The van der Waals surface area contributed by atoms with Gasteiger partial charge in [-0.3, -0.25) is 0 Å². The second-order valence-electron chi connectivity index (χ2n) is 6.63. The Labute approximate surface area is 151 Å². The number of benzene rings is 2. The van der Waals surface area contributed by atoms with E-state index < -0.39 is 0 Å². The lowest BCUT2D eigenvalue weighted by atomic mass is 9.97. The van der Waals surface area contributed by atoms with E-state index in [-0.39, 0.29) is 12.1 Å². The maximum atomic E-state index is 6.02. The molecule has 4 aromatic rings. The van der Waals surface area contributed by atoms with Gasteiger partial charge in [-0.2, -0.15) is 0 Å². The Hall–Kier alpha value is -2.92. The van der Waals surface area contributed by atoms with Crippen molar-refractivity contribution in [2.45, 2.75) is 25.0 Å². The van der Waals surface area contributed by atoms with E-state index in [4.69, 9.17) is 9.15 Å². The third-order valence-corrected chi connectivity index (χ3v) is 4.95. The number of hydrogen-bond acceptors (Lipinski definition) is 5. The van der Waals surface area contributed by atoms with Crippen LogP contribution < -0.4 is 5.32 Å². The molecule has 0 aliphatic carbocycles. The van der Waals surface area contributed by atoms with Gasteiger partial charge in [0.2, 0.25) is 0 Å². The summed E-state index contributed by atoms with van der Waals surface area (Å²) in [5.41, 5.74) is 3.62. The first-order valence-corrected chi connectivity index (χ1v) is 8.94. The first-order valence-electron chi connectivity index (χ1n) is 8.94. The molecule has 0 bridgehead atoms. The molecule has 1 saturated heterocycles. The Morgan fingerprint density at radius 1 is 0.962 bits per heavy atom. The normalized spacial score (nSPS) is 20.5. The van der Waals surface area contributed by atoms with Crippen LogP contribution >= 0.6 is 0 Å². The number of hydrogen-bond donors (Lipinski definition) is 1. The topological polar surface area (TPSA) is 60.2 Å². The largest absolute Gasteiger partial charge is 0.450 e. The minimum absolute atomic E-state index is 0.107. The Morgan fingerprint density at radius 3 is 2.73 bits per heavy atom. The van der Waals surface area contributed by atoms with Gasteiger partial charge >= 0.3 is 0 Å². The van der Waals surface area contributed by atoms with Crippen LogP contribution in [0.25, 0.3) is 22.1 Å². The average molecular weight is 345 g/mol. The SMILES string of the molecule is c1ccc(C2CC(Nc3ncnc4c3oc3ccccc34)CCO2)cc1. The number of nitrogens with zero attached hydrogens (tertiary/aromatic N) is 2. The molecule has 1 aliphatic rings. The van der Waals surface area contributed by atoms with Crippen molar-refractivity contribution in [3.63, 3.8) is 0 Å². The molecule has 130 valence electrons. The fourth-order valence-corrected chi connectivity index (χ4v) is 3.65. The van der Waals surface area contributed by atoms with Crippen LogP contribution in [-0.2, 0) is 4.74 Å². The molecule has 2 unspecified atom stereocenters. The third-order valence-electron chi connectivity index (χ3n) is 4.95. The number of ether oxygens (including phenoxy) is 1. The molecule has 26 heavy (non-hydrogen) atoms. The minimum atomic E-state index is 0.107. The molecule has 1 fully saturated rings. The lowest BCUT2D eigenvalue weighted by molar-refractivity contribution is 0.00975. The van der Waals surface area contributed by atoms with Crippen molar-refractivity contribution in [2.75, 3.05) is 11.9 Å². The number of nitrogens with one attached hydrogen (secondary N) is 1. The highest BCUT2D eigenvalue weighted by atomic mass is 16.5. The lowest BCUT2D eigenvalue weighted by Crippen LogP contribution is -2.30. The standard InChI is InChI=1S/C21H19N3O2/c1-2-6-14(7-3-1)18-12-15(10-11-25-18)24-21-20-19(22-13-23-21)16-8-4-5-9-17(16)26-20/h1-9,13,15,18H,10-12H2,(H,22,23,24). The molecule has 2 atom stereocenters. The summed E-state index contributed by atoms with van der Waals surface area (Å²) in [6, 6.07) is 18.6. The number of rotatable bonds is 3. The molecule has 5 nitrogen and oxygen atoms in total. The van der Waals surface area contributed by atoms with Crippen LogP contribution in [0.4, 0.5) is 5.82 Å². The first-order chi connectivity index (χ1) is 12.9. The summed E-state index contributed by atoms with van der Waals surface area (Å²) >= 11 is 0. The van der Waals surface area contributed by atoms with Gasteiger partial charge < -0.3 is 14.5 Å². The van der Waals surface area contributed by atoms with Gasteiger partial charge in [-0.15, -0.1) is 0 Å². The van der Waals surface area contributed by atoms with E-state index in [0.29, 0.717) is 0 Å². The highest BCUT2D eigenvalue weighted by molar-refractivity contribution is 6.05. The number of anilines is 1. The van der Waals surface area contributed by atoms with Crippen molar-refractivity contribution in [3.8, 4) is 0 Å². The van der Waals surface area contributed by atoms with E-state index in [2.05, 4.69) is 39.6 Å². The molecule has 0 saturated carbocycles. The predicted octanol–water partition coefficient (Wildman–Crippen LogP) is 4.71. The zero-order chi connectivity index (χ0) is 17.3. The molecule has 2 aromatic carbocycles. The van der Waals surface area contributed by atoms with Crippen LogP contribution in [0.1, 0.15) is 24.5 Å². The number of aromatic nitrogens is 2. The van der Waals surface area contributed by atoms with Crippen molar-refractivity contribution < 1.29 is 9.15 Å². The van der Waals surface area contributed by atoms with E-state index in [1.165, 1.54) is 5.56 Å². The van der Waals surface area contributed by atoms with E-state index >= 15 is 0 Å². The van der Waals surface area contributed by atoms with Crippen molar-refractivity contribution in [3.05, 3.63) is 66.5 Å². The summed E-state index contributed by atoms with van der Waals surface area (Å²) in [4.78, 5) is 8.85. The Balaban J connectivity index is 1.44. The Bertz CT molecular complexity index is 1040. The highest BCUT2D eigenvalue weighted by Crippen LogP contribution is 2.33. The van der Waals surface area contributed by atoms with Crippen molar-refractivity contribution in [1.82, 2.24) is 9.97 Å². The minimum Gasteiger partial charge on any atom is -0.450 e. The number of fused-ring (bicyclic) bond motifs is 3. The van der Waals surface area contributed by atoms with Crippen LogP contribution in [0.3, 0.4) is 0 Å². The predicted molar refractivity (Wildman–Crippen MR) is 101 cm³/mol. The van der Waals surface area contributed by atoms with Gasteiger partial charge in [0.05, 0.1) is 6.10 Å². The molecule has 1 N–H and O–H groups in total. The molecular formula is C21H19N3O2. The molecular weight excluding hydrogens is 326 g/mol. The summed E-state index contributed by atoms with van der Waals surface area (Å²) in [5.74, 6) is 0.755. The third kappa shape index (κ3) is 2.70. The van der Waals surface area contributed by atoms with Crippen LogP contribution in [0.15, 0.2) is 65.3 Å². The maximum absolute atomic E-state index is 6.02. The highest BCUT2D eigenvalue weighted by Gasteiger charge is 2.25. The summed E-state index contributed by atoms with van der Waals surface area (Å²) in [6.45, 7) is 0.728. The van der Waals surface area contributed by atoms with Crippen LogP contribution in [-0.4, -0.2) is 22.6 Å². The second-order valence-corrected chi connectivity index (χ2v) is 6.63. The first kappa shape index (κ1) is 15.3. The van der Waals surface area contributed by atoms with Crippen LogP contribution in [0.2, 0.25) is 0 Å². The fraction of sp³-hybridized carbons (Fsp3) is 0.238. The van der Waals surface area contributed by atoms with Crippen LogP contribution in [0.5, 0.6) is 0 Å². The molecule has 5 rings (SSSR count). The smallest absolute Gasteiger partial charge is 0.196 e. The second kappa shape index (κ2) is 6.42. The Kier molecular flexibility index (Phi) is 3.79. The van der Waals surface area contributed by atoms with Gasteiger partial charge in [0.25, 0.3) is 0 Å². The monoisotopic (exact) mass is 345 g/mol. The zero-order valence-electron chi connectivity index (χ0n) is 14.3. The van der Waals surface area contributed by atoms with Gasteiger partial charge in [0.15, 0.2) is 11.4 Å². The van der Waals surface area contributed by atoms with Crippen molar-refractivity contribution in [1.29, 1.82) is 0 Å². The summed E-state index contributed by atoms with van der Waals surface area (Å²) in [6.07, 6.45) is 3.54. The van der Waals surface area contributed by atoms with Gasteiger partial charge in [-0.05, 0) is 30.5 Å². The lowest BCUT2D eigenvalue weighted by Gasteiger charge is -2.30. The molecule has 3 heterocycles.